The fourth-order valence-electron chi connectivity index (χ4n) is 5.27. The summed E-state index contributed by atoms with van der Waals surface area (Å²) in [6, 6.07) is 13.4. The molecule has 4 rings (SSSR count). The summed E-state index contributed by atoms with van der Waals surface area (Å²) in [6.45, 7) is 4.90. The molecule has 0 N–H and O–H groups in total. The maximum Gasteiger partial charge on any atom is 0.354 e. The molecule has 0 aromatic heterocycles. The van der Waals surface area contributed by atoms with E-state index in [1.165, 1.54) is 14.2 Å². The van der Waals surface area contributed by atoms with Crippen molar-refractivity contribution in [2.75, 3.05) is 40.6 Å². The van der Waals surface area contributed by atoms with E-state index in [0.29, 0.717) is 35.8 Å². The molecule has 2 aromatic rings. The van der Waals surface area contributed by atoms with Crippen molar-refractivity contribution in [1.29, 1.82) is 0 Å². The van der Waals surface area contributed by atoms with Crippen LogP contribution in [0.4, 0.5) is 0 Å². The molecule has 2 aromatic carbocycles. The summed E-state index contributed by atoms with van der Waals surface area (Å²) >= 11 is 0. The van der Waals surface area contributed by atoms with E-state index in [4.69, 9.17) is 23.7 Å². The van der Waals surface area contributed by atoms with Crippen LogP contribution in [0, 0.1) is 11.8 Å². The van der Waals surface area contributed by atoms with E-state index in [-0.39, 0.29) is 24.7 Å². The van der Waals surface area contributed by atoms with Gasteiger partial charge in [0.2, 0.25) is 0 Å². The van der Waals surface area contributed by atoms with E-state index in [2.05, 4.69) is 0 Å². The number of methoxy groups -OCH3 is 2. The topological polar surface area (TPSA) is 101 Å². The highest BCUT2D eigenvalue weighted by Gasteiger charge is 2.49. The number of carbonyl (C=O) groups is 3. The number of nitrogens with zero attached hydrogens (tertiary/aromatic N) is 1. The Labute approximate surface area is 222 Å². The second kappa shape index (κ2) is 12.1. The first-order chi connectivity index (χ1) is 18.4. The minimum atomic E-state index is -0.731. The second-order valence-electron chi connectivity index (χ2n) is 9.21. The second-order valence-corrected chi connectivity index (χ2v) is 9.21. The Hall–Kier alpha value is -3.85. The molecule has 202 valence electrons. The molecule has 2 bridgehead atoms. The van der Waals surface area contributed by atoms with Gasteiger partial charge in [0.05, 0.1) is 45.6 Å². The number of ketones is 1. The molecule has 0 spiro atoms. The molecule has 0 saturated carbocycles. The number of carbonyl (C=O) groups excluding carboxylic acids is 3. The van der Waals surface area contributed by atoms with E-state index in [1.54, 1.807) is 4.90 Å². The number of hydrogen-bond acceptors (Lipinski definition) is 9. The summed E-state index contributed by atoms with van der Waals surface area (Å²) in [7, 11) is 2.49. The average molecular weight is 524 g/mol. The fraction of sp³-hybridized carbons (Fsp3) is 0.414. The number of Topliss-reactive ketones (excluding diaryl/α,β-unsaturated/α-hetero) is 1. The zero-order valence-corrected chi connectivity index (χ0v) is 22.0. The molecular formula is C29H33NO8. The summed E-state index contributed by atoms with van der Waals surface area (Å²) in [5, 5.41) is 0. The summed E-state index contributed by atoms with van der Waals surface area (Å²) in [5.41, 5.74) is 1.36. The van der Waals surface area contributed by atoms with Crippen molar-refractivity contribution in [1.82, 2.24) is 4.90 Å². The quantitative estimate of drug-likeness (QED) is 0.441. The fourth-order valence-corrected chi connectivity index (χ4v) is 5.27. The van der Waals surface area contributed by atoms with E-state index in [1.807, 2.05) is 62.4 Å². The lowest BCUT2D eigenvalue weighted by Gasteiger charge is -2.50. The molecule has 4 atom stereocenters. The van der Waals surface area contributed by atoms with Crippen molar-refractivity contribution in [2.24, 2.45) is 11.8 Å². The highest BCUT2D eigenvalue weighted by atomic mass is 16.5. The van der Waals surface area contributed by atoms with Crippen LogP contribution in [-0.4, -0.2) is 63.3 Å². The van der Waals surface area contributed by atoms with Gasteiger partial charge in [-0.3, -0.25) is 4.79 Å². The van der Waals surface area contributed by atoms with Crippen molar-refractivity contribution in [3.8, 4) is 11.5 Å². The lowest BCUT2D eigenvalue weighted by molar-refractivity contribution is -0.146. The number of rotatable bonds is 3. The maximum atomic E-state index is 13.8. The molecule has 0 radical (unpaired) electrons. The van der Waals surface area contributed by atoms with Crippen LogP contribution < -0.4 is 9.47 Å². The number of esters is 2. The predicted molar refractivity (Wildman–Crippen MR) is 137 cm³/mol. The van der Waals surface area contributed by atoms with E-state index in [0.717, 1.165) is 6.08 Å². The third kappa shape index (κ3) is 5.38. The number of piperidine rings is 1. The first-order valence-electron chi connectivity index (χ1n) is 12.6. The van der Waals surface area contributed by atoms with E-state index >= 15 is 0 Å². The van der Waals surface area contributed by atoms with Gasteiger partial charge >= 0.3 is 11.9 Å². The molecule has 9 heteroatoms. The van der Waals surface area contributed by atoms with Crippen LogP contribution in [0.3, 0.4) is 0 Å². The summed E-state index contributed by atoms with van der Waals surface area (Å²) in [5.74, 6) is -1.45. The SMILES string of the molecule is COC(=O)C=C(C(=O)OC)N1C2c3ccccc3OCCOCCOc3ccccc3C1C(C)C(=O)C2C. The zero-order valence-electron chi connectivity index (χ0n) is 22.0. The molecule has 2 aliphatic rings. The van der Waals surface area contributed by atoms with Crippen LogP contribution in [0.25, 0.3) is 0 Å². The summed E-state index contributed by atoms with van der Waals surface area (Å²) in [6.07, 6.45) is 1.12. The molecule has 38 heavy (non-hydrogen) atoms. The third-order valence-electron chi connectivity index (χ3n) is 7.02. The molecule has 2 heterocycles. The van der Waals surface area contributed by atoms with Gasteiger partial charge in [0, 0.05) is 23.0 Å². The molecule has 1 saturated heterocycles. The lowest BCUT2D eigenvalue weighted by Crippen LogP contribution is -2.50. The minimum Gasteiger partial charge on any atom is -0.491 e. The van der Waals surface area contributed by atoms with Crippen LogP contribution in [0.1, 0.15) is 37.1 Å². The van der Waals surface area contributed by atoms with Gasteiger partial charge in [-0.05, 0) is 12.1 Å². The van der Waals surface area contributed by atoms with E-state index < -0.39 is 35.9 Å². The van der Waals surface area contributed by atoms with Gasteiger partial charge in [0.15, 0.2) is 0 Å². The van der Waals surface area contributed by atoms with Crippen molar-refractivity contribution >= 4 is 17.7 Å². The third-order valence-corrected chi connectivity index (χ3v) is 7.02. The predicted octanol–water partition coefficient (Wildman–Crippen LogP) is 3.64. The maximum absolute atomic E-state index is 13.8. The highest BCUT2D eigenvalue weighted by molar-refractivity contribution is 5.96. The number of benzene rings is 2. The first kappa shape index (κ1) is 27.2. The van der Waals surface area contributed by atoms with Crippen LogP contribution in [0.15, 0.2) is 60.3 Å². The van der Waals surface area contributed by atoms with Crippen LogP contribution in [0.5, 0.6) is 11.5 Å². The Morgan fingerprint density at radius 2 is 1.32 bits per heavy atom. The molecule has 0 amide bonds. The first-order valence-corrected chi connectivity index (χ1v) is 12.6. The number of para-hydroxylation sites is 2. The van der Waals surface area contributed by atoms with Crippen LogP contribution in [0.2, 0.25) is 0 Å². The summed E-state index contributed by atoms with van der Waals surface area (Å²) in [4.78, 5) is 41.4. The molecule has 1 fully saturated rings. The highest BCUT2D eigenvalue weighted by Crippen LogP contribution is 2.51. The van der Waals surface area contributed by atoms with Gasteiger partial charge in [0.1, 0.15) is 36.2 Å². The molecule has 0 aliphatic carbocycles. The summed E-state index contributed by atoms with van der Waals surface area (Å²) < 4.78 is 27.9. The van der Waals surface area contributed by atoms with E-state index in [9.17, 15) is 14.4 Å². The Morgan fingerprint density at radius 3 is 1.79 bits per heavy atom. The van der Waals surface area contributed by atoms with Gasteiger partial charge in [-0.25, -0.2) is 9.59 Å². The zero-order chi connectivity index (χ0) is 27.2. The largest absolute Gasteiger partial charge is 0.491 e. The van der Waals surface area contributed by atoms with Gasteiger partial charge in [-0.2, -0.15) is 0 Å². The standard InChI is InChI=1S/C29H33NO8/c1-18-26-20-9-5-7-11-23(20)37-15-13-36-14-16-38-24-12-8-6-10-21(24)27(19(2)28(18)32)30(26)22(29(33)35-4)17-25(31)34-3/h5-12,17-19,26-27H,13-16H2,1-4H3. The number of ether oxygens (including phenoxy) is 5. The van der Waals surface area contributed by atoms with Gasteiger partial charge in [0.25, 0.3) is 0 Å². The monoisotopic (exact) mass is 523 g/mol. The lowest BCUT2D eigenvalue weighted by atomic mass is 9.73. The van der Waals surface area contributed by atoms with Crippen molar-refractivity contribution in [3.05, 3.63) is 71.4 Å². The molecule has 4 unspecified atom stereocenters. The Balaban J connectivity index is 2.04. The van der Waals surface area contributed by atoms with Gasteiger partial charge in [-0.1, -0.05) is 50.2 Å². The van der Waals surface area contributed by atoms with Crippen molar-refractivity contribution in [2.45, 2.75) is 25.9 Å². The Morgan fingerprint density at radius 1 is 0.816 bits per heavy atom. The smallest absolute Gasteiger partial charge is 0.354 e. The molecule has 9 nitrogen and oxygen atoms in total. The van der Waals surface area contributed by atoms with Gasteiger partial charge in [-0.15, -0.1) is 0 Å². The van der Waals surface area contributed by atoms with Crippen molar-refractivity contribution in [3.63, 3.8) is 0 Å². The number of fused-ring (bicyclic) bond motifs is 6. The minimum absolute atomic E-state index is 0.0126. The number of hydrogen-bond donors (Lipinski definition) is 0. The Bertz CT molecular complexity index is 1140. The molecular weight excluding hydrogens is 490 g/mol. The van der Waals surface area contributed by atoms with Gasteiger partial charge < -0.3 is 28.6 Å². The molecule has 2 aliphatic heterocycles. The normalized spacial score (nSPS) is 24.1. The average Bonchev–Trinajstić information content (AvgIpc) is 2.94. The van der Waals surface area contributed by atoms with Crippen LogP contribution in [-0.2, 0) is 28.6 Å². The van der Waals surface area contributed by atoms with Crippen LogP contribution >= 0.6 is 0 Å². The van der Waals surface area contributed by atoms with Crippen molar-refractivity contribution < 1.29 is 38.1 Å². The Kier molecular flexibility index (Phi) is 8.68.